The molecule has 1 amide bonds. The number of carbonyl (C=O) groups excluding carboxylic acids is 1. The summed E-state index contributed by atoms with van der Waals surface area (Å²) in [5.41, 5.74) is 0.761. The highest BCUT2D eigenvalue weighted by Crippen LogP contribution is 2.28. The van der Waals surface area contributed by atoms with Crippen LogP contribution in [0.15, 0.2) is 41.3 Å². The van der Waals surface area contributed by atoms with Crippen LogP contribution in [0.5, 0.6) is 0 Å². The number of nitrogens with zero attached hydrogens (tertiary/aromatic N) is 5. The van der Waals surface area contributed by atoms with Crippen LogP contribution < -0.4 is 4.90 Å². The minimum Gasteiger partial charge on any atom is -0.363 e. The predicted molar refractivity (Wildman–Crippen MR) is 106 cm³/mol. The average Bonchev–Trinajstić information content (AvgIpc) is 3.01. The number of rotatable bonds is 6. The Labute approximate surface area is 165 Å². The van der Waals surface area contributed by atoms with Crippen LogP contribution in [0.3, 0.4) is 0 Å². The number of hydrogen-bond donors (Lipinski definition) is 0. The van der Waals surface area contributed by atoms with Gasteiger partial charge in [-0.2, -0.15) is 4.31 Å². The molecule has 0 radical (unpaired) electrons. The zero-order valence-corrected chi connectivity index (χ0v) is 17.3. The molecule has 28 heavy (non-hydrogen) atoms. The summed E-state index contributed by atoms with van der Waals surface area (Å²) in [6.45, 7) is 0.642. The van der Waals surface area contributed by atoms with Crippen LogP contribution in [0.1, 0.15) is 23.9 Å². The molecule has 3 rings (SSSR count). The van der Waals surface area contributed by atoms with Crippen molar-refractivity contribution >= 4 is 21.7 Å². The monoisotopic (exact) mass is 403 g/mol. The van der Waals surface area contributed by atoms with Crippen molar-refractivity contribution in [2.45, 2.75) is 23.8 Å². The first-order chi connectivity index (χ1) is 13.2. The zero-order chi connectivity index (χ0) is 20.5. The van der Waals surface area contributed by atoms with Gasteiger partial charge < -0.3 is 9.80 Å². The lowest BCUT2D eigenvalue weighted by Crippen LogP contribution is -2.28. The Morgan fingerprint density at radius 1 is 1.14 bits per heavy atom. The quantitative estimate of drug-likeness (QED) is 0.723. The zero-order valence-electron chi connectivity index (χ0n) is 16.5. The van der Waals surface area contributed by atoms with E-state index >= 15 is 0 Å². The Hall–Kier alpha value is -2.52. The lowest BCUT2D eigenvalue weighted by molar-refractivity contribution is -0.126. The van der Waals surface area contributed by atoms with Crippen LogP contribution >= 0.6 is 0 Å². The van der Waals surface area contributed by atoms with E-state index in [0.29, 0.717) is 24.6 Å². The van der Waals surface area contributed by atoms with Gasteiger partial charge in [-0.3, -0.25) is 4.79 Å². The predicted octanol–water partition coefficient (Wildman–Crippen LogP) is 1.31. The van der Waals surface area contributed by atoms with Crippen LogP contribution in [0.2, 0.25) is 0 Å². The minimum atomic E-state index is -3.64. The molecule has 1 aliphatic rings. The number of likely N-dealkylation sites (tertiary alicyclic amines) is 1. The van der Waals surface area contributed by atoms with E-state index in [0.717, 1.165) is 5.69 Å². The second-order valence-corrected chi connectivity index (χ2v) is 9.26. The van der Waals surface area contributed by atoms with Crippen LogP contribution in [0.4, 0.5) is 5.82 Å². The van der Waals surface area contributed by atoms with E-state index < -0.39 is 10.0 Å². The van der Waals surface area contributed by atoms with Crippen molar-refractivity contribution in [2.24, 2.45) is 0 Å². The number of amides is 1. The van der Waals surface area contributed by atoms with E-state index in [1.165, 1.54) is 11.4 Å². The molecule has 150 valence electrons. The second kappa shape index (κ2) is 7.84. The molecule has 0 N–H and O–H groups in total. The molecular weight excluding hydrogens is 378 g/mol. The molecule has 0 bridgehead atoms. The minimum absolute atomic E-state index is 0.0195. The van der Waals surface area contributed by atoms with E-state index in [2.05, 4.69) is 9.97 Å². The average molecular weight is 404 g/mol. The van der Waals surface area contributed by atoms with Gasteiger partial charge in [-0.05, 0) is 12.1 Å². The lowest BCUT2D eigenvalue weighted by Gasteiger charge is -2.20. The highest BCUT2D eigenvalue weighted by atomic mass is 32.2. The number of benzene rings is 1. The summed E-state index contributed by atoms with van der Waals surface area (Å²) in [7, 11) is 3.38. The number of likely N-dealkylation sites (N-methyl/N-ethyl adjacent to an activating group) is 1. The molecule has 8 nitrogen and oxygen atoms in total. The SMILES string of the molecule is CN1C[C@H](c2cc(N(C)C)nc(CN(C)S(=O)(=O)c3ccccc3)n2)CC1=O. The second-order valence-electron chi connectivity index (χ2n) is 7.21. The molecule has 1 aromatic carbocycles. The van der Waals surface area contributed by atoms with Gasteiger partial charge in [0, 0.05) is 53.1 Å². The smallest absolute Gasteiger partial charge is 0.243 e. The third-order valence-electron chi connectivity index (χ3n) is 4.81. The number of sulfonamides is 1. The molecule has 0 saturated carbocycles. The summed E-state index contributed by atoms with van der Waals surface area (Å²) in [4.78, 5) is 24.8. The van der Waals surface area contributed by atoms with Crippen LogP contribution in [-0.4, -0.2) is 68.2 Å². The van der Waals surface area contributed by atoms with Crippen molar-refractivity contribution in [3.8, 4) is 0 Å². The van der Waals surface area contributed by atoms with E-state index in [1.54, 1.807) is 42.3 Å². The standard InChI is InChI=1S/C19H25N5O3S/c1-22(2)18-11-16(14-10-19(25)23(3)12-14)20-17(21-18)13-24(4)28(26,27)15-8-6-5-7-9-15/h5-9,11,14H,10,12-13H2,1-4H3/t14-/m1/s1. The summed E-state index contributed by atoms with van der Waals surface area (Å²) >= 11 is 0. The summed E-state index contributed by atoms with van der Waals surface area (Å²) in [5, 5.41) is 0. The molecule has 1 atom stereocenters. The molecule has 0 unspecified atom stereocenters. The summed E-state index contributed by atoms with van der Waals surface area (Å²) in [6, 6.07) is 10.1. The molecule has 9 heteroatoms. The van der Waals surface area contributed by atoms with Gasteiger partial charge in [0.25, 0.3) is 0 Å². The Morgan fingerprint density at radius 3 is 2.39 bits per heavy atom. The lowest BCUT2D eigenvalue weighted by atomic mass is 10.0. The van der Waals surface area contributed by atoms with Gasteiger partial charge in [0.2, 0.25) is 15.9 Å². The van der Waals surface area contributed by atoms with Crippen molar-refractivity contribution in [1.82, 2.24) is 19.2 Å². The van der Waals surface area contributed by atoms with E-state index in [-0.39, 0.29) is 23.3 Å². The highest BCUT2D eigenvalue weighted by Gasteiger charge is 2.30. The first-order valence-corrected chi connectivity index (χ1v) is 10.4. The maximum atomic E-state index is 12.8. The van der Waals surface area contributed by atoms with E-state index in [9.17, 15) is 13.2 Å². The van der Waals surface area contributed by atoms with Gasteiger partial charge in [-0.25, -0.2) is 18.4 Å². The summed E-state index contributed by atoms with van der Waals surface area (Å²) in [5.74, 6) is 1.16. The summed E-state index contributed by atoms with van der Waals surface area (Å²) in [6.07, 6.45) is 0.401. The molecule has 0 aliphatic carbocycles. The van der Waals surface area contributed by atoms with Crippen molar-refractivity contribution < 1.29 is 13.2 Å². The van der Waals surface area contributed by atoms with Crippen LogP contribution in [-0.2, 0) is 21.4 Å². The third kappa shape index (κ3) is 4.15. The molecule has 1 fully saturated rings. The largest absolute Gasteiger partial charge is 0.363 e. The van der Waals surface area contributed by atoms with Crippen LogP contribution in [0, 0.1) is 0 Å². The number of carbonyl (C=O) groups is 1. The van der Waals surface area contributed by atoms with Gasteiger partial charge in [0.05, 0.1) is 17.1 Å². The number of aromatic nitrogens is 2. The third-order valence-corrected chi connectivity index (χ3v) is 6.63. The Bertz CT molecular complexity index is 963. The molecule has 1 saturated heterocycles. The Kier molecular flexibility index (Phi) is 5.66. The maximum absolute atomic E-state index is 12.8. The van der Waals surface area contributed by atoms with Gasteiger partial charge >= 0.3 is 0 Å². The molecular formula is C19H25N5O3S. The Balaban J connectivity index is 1.90. The molecule has 1 aromatic heterocycles. The van der Waals surface area contributed by atoms with E-state index in [4.69, 9.17) is 0 Å². The van der Waals surface area contributed by atoms with Crippen molar-refractivity contribution in [1.29, 1.82) is 0 Å². The number of hydrogen-bond acceptors (Lipinski definition) is 6. The first kappa shape index (κ1) is 20.2. The van der Waals surface area contributed by atoms with Gasteiger partial charge in [-0.1, -0.05) is 18.2 Å². The molecule has 1 aliphatic heterocycles. The van der Waals surface area contributed by atoms with Gasteiger partial charge in [0.1, 0.15) is 11.6 Å². The Morgan fingerprint density at radius 2 is 1.82 bits per heavy atom. The topological polar surface area (TPSA) is 86.7 Å². The first-order valence-electron chi connectivity index (χ1n) is 8.99. The fraction of sp³-hybridized carbons (Fsp3) is 0.421. The van der Waals surface area contributed by atoms with Crippen molar-refractivity contribution in [3.63, 3.8) is 0 Å². The van der Waals surface area contributed by atoms with E-state index in [1.807, 2.05) is 25.1 Å². The maximum Gasteiger partial charge on any atom is 0.243 e. The van der Waals surface area contributed by atoms with Gasteiger partial charge in [-0.15, -0.1) is 0 Å². The van der Waals surface area contributed by atoms with Crippen molar-refractivity contribution in [2.75, 3.05) is 39.6 Å². The van der Waals surface area contributed by atoms with Gasteiger partial charge in [0.15, 0.2) is 0 Å². The fourth-order valence-electron chi connectivity index (χ4n) is 3.13. The molecule has 0 spiro atoms. The normalized spacial score (nSPS) is 17.4. The molecule has 2 heterocycles. The number of anilines is 1. The van der Waals surface area contributed by atoms with Crippen LogP contribution in [0.25, 0.3) is 0 Å². The highest BCUT2D eigenvalue weighted by molar-refractivity contribution is 7.89. The fourth-order valence-corrected chi connectivity index (χ4v) is 4.28. The summed E-state index contributed by atoms with van der Waals surface area (Å²) < 4.78 is 26.8. The van der Waals surface area contributed by atoms with Crippen molar-refractivity contribution in [3.05, 3.63) is 47.9 Å². The molecule has 2 aromatic rings.